The van der Waals surface area contributed by atoms with E-state index in [1.165, 1.54) is 25.9 Å². The number of guanidine groups is 1. The van der Waals surface area contributed by atoms with Crippen LogP contribution >= 0.6 is 0 Å². The van der Waals surface area contributed by atoms with Crippen molar-refractivity contribution >= 4 is 11.6 Å². The standard InChI is InChI=1S/C25H43N5O2/c1-5-26-25(27-11-7-13-29-12-6-8-20(2)19-29)28-21-9-14-30(15-10-21)22-16-23(31-3)18-24(17-22)32-4/h16-18,20-21H,5-15,19H2,1-4H3,(H2,26,27,28). The van der Waals surface area contributed by atoms with Gasteiger partial charge in [-0.15, -0.1) is 0 Å². The Hall–Kier alpha value is -2.15. The fourth-order valence-corrected chi connectivity index (χ4v) is 4.75. The van der Waals surface area contributed by atoms with Crippen molar-refractivity contribution in [1.29, 1.82) is 0 Å². The van der Waals surface area contributed by atoms with Crippen LogP contribution in [0.4, 0.5) is 5.69 Å². The fraction of sp³-hybridized carbons (Fsp3) is 0.720. The van der Waals surface area contributed by atoms with Gasteiger partial charge in [-0.2, -0.15) is 0 Å². The first-order valence-corrected chi connectivity index (χ1v) is 12.4. The van der Waals surface area contributed by atoms with E-state index in [1.807, 2.05) is 6.07 Å². The molecule has 7 heteroatoms. The molecular weight excluding hydrogens is 402 g/mol. The maximum Gasteiger partial charge on any atom is 0.191 e. The maximum absolute atomic E-state index is 5.43. The number of rotatable bonds is 9. The second-order valence-electron chi connectivity index (χ2n) is 9.14. The molecule has 2 N–H and O–H groups in total. The van der Waals surface area contributed by atoms with Crippen molar-refractivity contribution in [2.45, 2.75) is 52.0 Å². The number of hydrogen-bond donors (Lipinski definition) is 2. The Kier molecular flexibility index (Phi) is 9.78. The molecule has 2 aliphatic rings. The zero-order chi connectivity index (χ0) is 22.8. The van der Waals surface area contributed by atoms with Gasteiger partial charge in [0.15, 0.2) is 5.96 Å². The molecule has 0 spiro atoms. The van der Waals surface area contributed by atoms with Crippen LogP contribution in [0.2, 0.25) is 0 Å². The molecule has 0 saturated carbocycles. The number of piperidine rings is 2. The number of methoxy groups -OCH3 is 2. The van der Waals surface area contributed by atoms with Gasteiger partial charge < -0.3 is 29.9 Å². The molecule has 0 aromatic heterocycles. The monoisotopic (exact) mass is 445 g/mol. The van der Waals surface area contributed by atoms with E-state index in [0.717, 1.165) is 81.1 Å². The molecule has 0 bridgehead atoms. The number of nitrogens with one attached hydrogen (secondary N) is 2. The van der Waals surface area contributed by atoms with Crippen LogP contribution in [-0.2, 0) is 0 Å². The molecule has 1 aromatic rings. The lowest BCUT2D eigenvalue weighted by Crippen LogP contribution is -2.48. The SMILES string of the molecule is CCNC(=NCCCN1CCCC(C)C1)NC1CCN(c2cc(OC)cc(OC)c2)CC1. The summed E-state index contributed by atoms with van der Waals surface area (Å²) in [6.45, 7) is 11.9. The summed E-state index contributed by atoms with van der Waals surface area (Å²) >= 11 is 0. The number of aliphatic imine (C=N–C) groups is 1. The highest BCUT2D eigenvalue weighted by molar-refractivity contribution is 5.80. The lowest BCUT2D eigenvalue weighted by atomic mass is 10.0. The third-order valence-corrected chi connectivity index (χ3v) is 6.52. The van der Waals surface area contributed by atoms with Crippen LogP contribution in [0.3, 0.4) is 0 Å². The van der Waals surface area contributed by atoms with Crippen molar-refractivity contribution < 1.29 is 9.47 Å². The van der Waals surface area contributed by atoms with E-state index in [2.05, 4.69) is 46.4 Å². The Morgan fingerprint density at radius 3 is 2.41 bits per heavy atom. The van der Waals surface area contributed by atoms with Crippen LogP contribution in [-0.4, -0.2) is 76.9 Å². The molecule has 0 amide bonds. The molecule has 1 atom stereocenters. The molecule has 0 aliphatic carbocycles. The van der Waals surface area contributed by atoms with Crippen molar-refractivity contribution in [2.75, 3.05) is 64.9 Å². The summed E-state index contributed by atoms with van der Waals surface area (Å²) in [4.78, 5) is 9.87. The van der Waals surface area contributed by atoms with E-state index in [4.69, 9.17) is 14.5 Å². The zero-order valence-electron chi connectivity index (χ0n) is 20.5. The molecule has 7 nitrogen and oxygen atoms in total. The predicted molar refractivity (Wildman–Crippen MR) is 133 cm³/mol. The summed E-state index contributed by atoms with van der Waals surface area (Å²) < 4.78 is 10.9. The molecule has 2 aliphatic heterocycles. The summed E-state index contributed by atoms with van der Waals surface area (Å²) in [5, 5.41) is 7.10. The number of hydrogen-bond acceptors (Lipinski definition) is 5. The Morgan fingerprint density at radius 1 is 1.06 bits per heavy atom. The summed E-state index contributed by atoms with van der Waals surface area (Å²) in [5.41, 5.74) is 1.16. The molecule has 1 unspecified atom stereocenters. The van der Waals surface area contributed by atoms with Gasteiger partial charge in [-0.1, -0.05) is 6.92 Å². The van der Waals surface area contributed by atoms with Crippen LogP contribution in [0.15, 0.2) is 23.2 Å². The average molecular weight is 446 g/mol. The Morgan fingerprint density at radius 2 is 1.78 bits per heavy atom. The summed E-state index contributed by atoms with van der Waals surface area (Å²) in [6.07, 6.45) is 6.01. The molecule has 1 aromatic carbocycles. The number of likely N-dealkylation sites (tertiary alicyclic amines) is 1. The highest BCUT2D eigenvalue weighted by Crippen LogP contribution is 2.30. The minimum Gasteiger partial charge on any atom is -0.497 e. The summed E-state index contributed by atoms with van der Waals surface area (Å²) in [6, 6.07) is 6.54. The van der Waals surface area contributed by atoms with E-state index in [1.54, 1.807) is 14.2 Å². The smallest absolute Gasteiger partial charge is 0.191 e. The summed E-state index contributed by atoms with van der Waals surface area (Å²) in [5.74, 6) is 3.47. The molecule has 32 heavy (non-hydrogen) atoms. The first-order valence-electron chi connectivity index (χ1n) is 12.4. The maximum atomic E-state index is 5.43. The van der Waals surface area contributed by atoms with Gasteiger partial charge in [-0.25, -0.2) is 0 Å². The second kappa shape index (κ2) is 12.8. The minimum atomic E-state index is 0.444. The lowest BCUT2D eigenvalue weighted by Gasteiger charge is -2.35. The van der Waals surface area contributed by atoms with Gasteiger partial charge in [0, 0.05) is 62.7 Å². The van der Waals surface area contributed by atoms with Crippen molar-refractivity contribution in [2.24, 2.45) is 10.9 Å². The van der Waals surface area contributed by atoms with E-state index < -0.39 is 0 Å². The number of ether oxygens (including phenoxy) is 2. The molecule has 3 rings (SSSR count). The Balaban J connectivity index is 1.45. The summed E-state index contributed by atoms with van der Waals surface area (Å²) in [7, 11) is 3.40. The van der Waals surface area contributed by atoms with Crippen LogP contribution in [0, 0.1) is 5.92 Å². The lowest BCUT2D eigenvalue weighted by molar-refractivity contribution is 0.183. The average Bonchev–Trinajstić information content (AvgIpc) is 2.82. The van der Waals surface area contributed by atoms with Gasteiger partial charge in [-0.3, -0.25) is 4.99 Å². The molecule has 2 saturated heterocycles. The van der Waals surface area contributed by atoms with Crippen LogP contribution < -0.4 is 25.0 Å². The van der Waals surface area contributed by atoms with Crippen molar-refractivity contribution in [1.82, 2.24) is 15.5 Å². The molecular formula is C25H43N5O2. The zero-order valence-corrected chi connectivity index (χ0v) is 20.5. The van der Waals surface area contributed by atoms with E-state index in [-0.39, 0.29) is 0 Å². The highest BCUT2D eigenvalue weighted by atomic mass is 16.5. The molecule has 2 fully saturated rings. The first kappa shape index (κ1) is 24.5. The Bertz CT molecular complexity index is 696. The van der Waals surface area contributed by atoms with Crippen molar-refractivity contribution in [3.8, 4) is 11.5 Å². The van der Waals surface area contributed by atoms with Gasteiger partial charge in [0.2, 0.25) is 0 Å². The van der Waals surface area contributed by atoms with E-state index in [9.17, 15) is 0 Å². The largest absolute Gasteiger partial charge is 0.497 e. The van der Waals surface area contributed by atoms with Gasteiger partial charge in [0.05, 0.1) is 14.2 Å². The number of anilines is 1. The van der Waals surface area contributed by atoms with Gasteiger partial charge in [0.1, 0.15) is 11.5 Å². The van der Waals surface area contributed by atoms with Gasteiger partial charge in [-0.05, 0) is 58.0 Å². The van der Waals surface area contributed by atoms with Crippen LogP contribution in [0.5, 0.6) is 11.5 Å². The van der Waals surface area contributed by atoms with Crippen molar-refractivity contribution in [3.63, 3.8) is 0 Å². The molecule has 180 valence electrons. The third kappa shape index (κ3) is 7.47. The fourth-order valence-electron chi connectivity index (χ4n) is 4.75. The van der Waals surface area contributed by atoms with Gasteiger partial charge >= 0.3 is 0 Å². The molecule has 2 heterocycles. The third-order valence-electron chi connectivity index (χ3n) is 6.52. The number of benzene rings is 1. The topological polar surface area (TPSA) is 61.4 Å². The molecule has 0 radical (unpaired) electrons. The Labute approximate surface area is 194 Å². The first-order chi connectivity index (χ1) is 15.6. The van der Waals surface area contributed by atoms with Crippen LogP contribution in [0.1, 0.15) is 46.0 Å². The highest BCUT2D eigenvalue weighted by Gasteiger charge is 2.21. The quantitative estimate of drug-likeness (QED) is 0.345. The predicted octanol–water partition coefficient (Wildman–Crippen LogP) is 3.35. The normalized spacial score (nSPS) is 20.8. The number of nitrogens with zero attached hydrogens (tertiary/aromatic N) is 3. The van der Waals surface area contributed by atoms with Gasteiger partial charge in [0.25, 0.3) is 0 Å². The van der Waals surface area contributed by atoms with E-state index >= 15 is 0 Å². The van der Waals surface area contributed by atoms with E-state index in [0.29, 0.717) is 6.04 Å². The van der Waals surface area contributed by atoms with Crippen molar-refractivity contribution in [3.05, 3.63) is 18.2 Å². The second-order valence-corrected chi connectivity index (χ2v) is 9.14. The minimum absolute atomic E-state index is 0.444. The van der Waals surface area contributed by atoms with Crippen LogP contribution in [0.25, 0.3) is 0 Å².